The normalized spacial score (nSPS) is 11.0. The Bertz CT molecular complexity index is 1230. The van der Waals surface area contributed by atoms with E-state index in [1.54, 1.807) is 12.4 Å². The van der Waals surface area contributed by atoms with Crippen LogP contribution < -0.4 is 5.32 Å². The number of carbonyl (C=O) groups excluding carboxylic acids is 1. The lowest BCUT2D eigenvalue weighted by Crippen LogP contribution is -2.09. The highest BCUT2D eigenvalue weighted by atomic mass is 79.9. The van der Waals surface area contributed by atoms with Crippen LogP contribution >= 0.6 is 15.9 Å². The lowest BCUT2D eigenvalue weighted by atomic mass is 10.0. The smallest absolute Gasteiger partial charge is 0.432 e. The van der Waals surface area contributed by atoms with Gasteiger partial charge in [0.15, 0.2) is 0 Å². The Kier molecular flexibility index (Phi) is 4.08. The summed E-state index contributed by atoms with van der Waals surface area (Å²) in [6.45, 7) is 1.43. The van der Waals surface area contributed by atoms with Crippen LogP contribution in [0.3, 0.4) is 0 Å². The van der Waals surface area contributed by atoms with E-state index in [9.17, 15) is 14.7 Å². The molecule has 0 bridgehead atoms. The molecule has 0 spiro atoms. The second-order valence-corrected chi connectivity index (χ2v) is 6.63. The van der Waals surface area contributed by atoms with Crippen LogP contribution in [0, 0.1) is 0 Å². The summed E-state index contributed by atoms with van der Waals surface area (Å²) >= 11 is 3.34. The van der Waals surface area contributed by atoms with Gasteiger partial charge in [-0.3, -0.25) is 14.8 Å². The van der Waals surface area contributed by atoms with E-state index < -0.39 is 6.09 Å². The Balaban J connectivity index is 1.93. The van der Waals surface area contributed by atoms with E-state index in [2.05, 4.69) is 36.3 Å². The predicted molar refractivity (Wildman–Crippen MR) is 104 cm³/mol. The highest BCUT2D eigenvalue weighted by molar-refractivity contribution is 9.10. The van der Waals surface area contributed by atoms with E-state index in [-0.39, 0.29) is 5.91 Å². The molecule has 0 radical (unpaired) electrons. The van der Waals surface area contributed by atoms with Gasteiger partial charge in [-0.2, -0.15) is 9.78 Å². The van der Waals surface area contributed by atoms with Crippen LogP contribution in [0.15, 0.2) is 47.5 Å². The van der Waals surface area contributed by atoms with E-state index >= 15 is 0 Å². The van der Waals surface area contributed by atoms with Crippen LogP contribution in [0.25, 0.3) is 32.9 Å². The first-order valence-electron chi connectivity index (χ1n) is 7.87. The molecule has 2 N–H and O–H groups in total. The summed E-state index contributed by atoms with van der Waals surface area (Å²) in [7, 11) is 0. The van der Waals surface area contributed by atoms with Crippen molar-refractivity contribution in [1.82, 2.24) is 19.7 Å². The zero-order chi connectivity index (χ0) is 19.1. The molecule has 9 heteroatoms. The maximum absolute atomic E-state index is 11.4. The van der Waals surface area contributed by atoms with Crippen molar-refractivity contribution < 1.29 is 14.7 Å². The molecule has 4 aromatic rings. The Labute approximate surface area is 161 Å². The third kappa shape index (κ3) is 3.02. The first-order chi connectivity index (χ1) is 12.9. The van der Waals surface area contributed by atoms with Gasteiger partial charge < -0.3 is 10.4 Å². The number of hydrogen-bond donors (Lipinski definition) is 2. The SMILES string of the molecule is CC(=O)Nc1cncc(-c2ccc3ncc4c(c(Br)nn4C(=O)O)c3c2)c1. The number of aromatic nitrogens is 4. The van der Waals surface area contributed by atoms with Crippen LogP contribution in [-0.4, -0.2) is 36.9 Å². The van der Waals surface area contributed by atoms with Gasteiger partial charge in [0, 0.05) is 29.5 Å². The largest absolute Gasteiger partial charge is 0.463 e. The minimum absolute atomic E-state index is 0.177. The molecule has 0 atom stereocenters. The van der Waals surface area contributed by atoms with Crippen molar-refractivity contribution >= 4 is 55.4 Å². The third-order valence-corrected chi connectivity index (χ3v) is 4.60. The van der Waals surface area contributed by atoms with Gasteiger partial charge >= 0.3 is 6.09 Å². The summed E-state index contributed by atoms with van der Waals surface area (Å²) in [5.74, 6) is -0.177. The predicted octanol–water partition coefficient (Wildman–Crippen LogP) is 3.89. The molecule has 4 rings (SSSR count). The number of nitrogens with zero attached hydrogens (tertiary/aromatic N) is 4. The highest BCUT2D eigenvalue weighted by Crippen LogP contribution is 2.33. The van der Waals surface area contributed by atoms with Crippen molar-refractivity contribution in [2.45, 2.75) is 6.92 Å². The average molecular weight is 426 g/mol. The second-order valence-electron chi connectivity index (χ2n) is 5.88. The Morgan fingerprint density at radius 3 is 2.70 bits per heavy atom. The Morgan fingerprint density at radius 2 is 1.96 bits per heavy atom. The fraction of sp³-hybridized carbons (Fsp3) is 0.0556. The van der Waals surface area contributed by atoms with E-state index in [1.165, 1.54) is 13.1 Å². The summed E-state index contributed by atoms with van der Waals surface area (Å²) < 4.78 is 1.31. The van der Waals surface area contributed by atoms with E-state index in [4.69, 9.17) is 0 Å². The molecule has 1 amide bonds. The van der Waals surface area contributed by atoms with Crippen molar-refractivity contribution in [1.29, 1.82) is 0 Å². The van der Waals surface area contributed by atoms with Gasteiger partial charge in [-0.05, 0) is 39.7 Å². The summed E-state index contributed by atoms with van der Waals surface area (Å²) in [4.78, 5) is 31.2. The number of anilines is 1. The lowest BCUT2D eigenvalue weighted by Gasteiger charge is -2.07. The molecule has 1 aromatic carbocycles. The molecule has 134 valence electrons. The van der Waals surface area contributed by atoms with E-state index in [0.717, 1.165) is 21.2 Å². The fourth-order valence-corrected chi connectivity index (χ4v) is 3.52. The Morgan fingerprint density at radius 1 is 1.15 bits per heavy atom. The number of rotatable bonds is 2. The number of nitrogens with one attached hydrogen (secondary N) is 1. The summed E-state index contributed by atoms with van der Waals surface area (Å²) in [5.41, 5.74) is 3.36. The lowest BCUT2D eigenvalue weighted by molar-refractivity contribution is -0.114. The molecule has 0 aliphatic carbocycles. The fourth-order valence-electron chi connectivity index (χ4n) is 2.95. The van der Waals surface area contributed by atoms with Crippen molar-refractivity contribution in [2.75, 3.05) is 5.32 Å². The quantitative estimate of drug-likeness (QED) is 0.503. The maximum Gasteiger partial charge on any atom is 0.432 e. The minimum Gasteiger partial charge on any atom is -0.463 e. The number of amides is 1. The van der Waals surface area contributed by atoms with Crippen LogP contribution in [0.5, 0.6) is 0 Å². The molecular formula is C18H12BrN5O3. The van der Waals surface area contributed by atoms with Gasteiger partial charge in [0.05, 0.1) is 23.6 Å². The van der Waals surface area contributed by atoms with Crippen molar-refractivity contribution in [3.8, 4) is 11.1 Å². The number of halogens is 1. The zero-order valence-electron chi connectivity index (χ0n) is 14.0. The molecule has 0 unspecified atom stereocenters. The second kappa shape index (κ2) is 6.44. The molecule has 0 aliphatic heterocycles. The molecule has 0 fully saturated rings. The number of fused-ring (bicyclic) bond motifs is 3. The summed E-state index contributed by atoms with van der Waals surface area (Å²) in [6, 6.07) is 7.46. The molecule has 0 aliphatic rings. The first kappa shape index (κ1) is 17.1. The number of carbonyl (C=O) groups is 2. The number of carboxylic acid groups (broad SMARTS) is 1. The van der Waals surface area contributed by atoms with Crippen LogP contribution in [0.4, 0.5) is 10.5 Å². The number of pyridine rings is 2. The topological polar surface area (TPSA) is 110 Å². The maximum atomic E-state index is 11.4. The van der Waals surface area contributed by atoms with Crippen LogP contribution in [0.2, 0.25) is 0 Å². The summed E-state index contributed by atoms with van der Waals surface area (Å²) in [5, 5.41) is 17.5. The van der Waals surface area contributed by atoms with Gasteiger partial charge in [-0.25, -0.2) is 4.79 Å². The standard InChI is InChI=1S/C18H12BrN5O3/c1-9(25)22-12-4-11(6-20-7-12)10-2-3-14-13(5-10)16-15(8-21-14)24(18(26)27)23-17(16)19/h2-8H,1H3,(H,22,25)(H,26,27). The van der Waals surface area contributed by atoms with Gasteiger partial charge in [-0.1, -0.05) is 6.07 Å². The molecule has 3 aromatic heterocycles. The summed E-state index contributed by atoms with van der Waals surface area (Å²) in [6.07, 6.45) is 3.56. The van der Waals surface area contributed by atoms with Gasteiger partial charge in [0.1, 0.15) is 10.1 Å². The van der Waals surface area contributed by atoms with Crippen LogP contribution in [0.1, 0.15) is 6.92 Å². The molecular weight excluding hydrogens is 414 g/mol. The van der Waals surface area contributed by atoms with Crippen molar-refractivity contribution in [2.24, 2.45) is 0 Å². The molecule has 0 saturated heterocycles. The molecule has 27 heavy (non-hydrogen) atoms. The minimum atomic E-state index is -1.18. The van der Waals surface area contributed by atoms with Crippen molar-refractivity contribution in [3.63, 3.8) is 0 Å². The van der Waals surface area contributed by atoms with Gasteiger partial charge in [0.2, 0.25) is 5.91 Å². The van der Waals surface area contributed by atoms with Gasteiger partial charge in [0.25, 0.3) is 0 Å². The molecule has 3 heterocycles. The average Bonchev–Trinajstić information content (AvgIpc) is 2.98. The van der Waals surface area contributed by atoms with E-state index in [0.29, 0.717) is 26.7 Å². The molecule has 0 saturated carbocycles. The number of hydrogen-bond acceptors (Lipinski definition) is 5. The number of benzene rings is 1. The highest BCUT2D eigenvalue weighted by Gasteiger charge is 2.17. The first-order valence-corrected chi connectivity index (χ1v) is 8.66. The van der Waals surface area contributed by atoms with Crippen molar-refractivity contribution in [3.05, 3.63) is 47.5 Å². The zero-order valence-corrected chi connectivity index (χ0v) is 15.6. The third-order valence-electron chi connectivity index (χ3n) is 4.04. The van der Waals surface area contributed by atoms with Gasteiger partial charge in [-0.15, -0.1) is 0 Å². The van der Waals surface area contributed by atoms with E-state index in [1.807, 2.05) is 24.3 Å². The van der Waals surface area contributed by atoms with Crippen LogP contribution in [-0.2, 0) is 4.79 Å². The Hall–Kier alpha value is -3.33. The monoisotopic (exact) mass is 425 g/mol. The molecule has 8 nitrogen and oxygen atoms in total.